The molecular formula is C9H13N3O3S2. The van der Waals surface area contributed by atoms with Crippen molar-refractivity contribution in [3.05, 3.63) is 16.1 Å². The molecule has 1 aromatic rings. The lowest BCUT2D eigenvalue weighted by Crippen LogP contribution is -2.35. The Hall–Kier alpha value is -0.990. The SMILES string of the molecule is NCc1nc(C(=O)NC2CCS(=O)(=O)C2)cs1. The summed E-state index contributed by atoms with van der Waals surface area (Å²) in [6.07, 6.45) is 0.474. The lowest BCUT2D eigenvalue weighted by molar-refractivity contribution is 0.0936. The molecule has 1 unspecified atom stereocenters. The summed E-state index contributed by atoms with van der Waals surface area (Å²) >= 11 is 1.32. The average Bonchev–Trinajstić information content (AvgIpc) is 2.85. The van der Waals surface area contributed by atoms with Crippen molar-refractivity contribution in [1.82, 2.24) is 10.3 Å². The van der Waals surface area contributed by atoms with Crippen LogP contribution in [-0.4, -0.2) is 36.9 Å². The fourth-order valence-corrected chi connectivity index (χ4v) is 4.01. The van der Waals surface area contributed by atoms with Crippen molar-refractivity contribution in [3.8, 4) is 0 Å². The van der Waals surface area contributed by atoms with Crippen molar-refractivity contribution in [1.29, 1.82) is 0 Å². The molecule has 1 aliphatic heterocycles. The maximum absolute atomic E-state index is 11.7. The highest BCUT2D eigenvalue weighted by Crippen LogP contribution is 2.13. The Morgan fingerprint density at radius 3 is 2.94 bits per heavy atom. The molecule has 2 rings (SSSR count). The number of rotatable bonds is 3. The van der Waals surface area contributed by atoms with Crippen LogP contribution in [0.3, 0.4) is 0 Å². The van der Waals surface area contributed by atoms with Gasteiger partial charge in [-0.05, 0) is 6.42 Å². The minimum atomic E-state index is -2.98. The first-order valence-electron chi connectivity index (χ1n) is 5.16. The monoisotopic (exact) mass is 275 g/mol. The first kappa shape index (κ1) is 12.5. The minimum absolute atomic E-state index is 0.0205. The van der Waals surface area contributed by atoms with Gasteiger partial charge in [0.15, 0.2) is 9.84 Å². The Labute approximate surface area is 103 Å². The van der Waals surface area contributed by atoms with Crippen LogP contribution in [0, 0.1) is 0 Å². The normalized spacial score (nSPS) is 22.5. The van der Waals surface area contributed by atoms with E-state index in [1.54, 1.807) is 5.38 Å². The number of hydrogen-bond donors (Lipinski definition) is 2. The van der Waals surface area contributed by atoms with Crippen LogP contribution in [0.5, 0.6) is 0 Å². The number of carbonyl (C=O) groups excluding carboxylic acids is 1. The molecule has 0 aromatic carbocycles. The highest BCUT2D eigenvalue weighted by atomic mass is 32.2. The Kier molecular flexibility index (Phi) is 3.45. The lowest BCUT2D eigenvalue weighted by Gasteiger charge is -2.08. The van der Waals surface area contributed by atoms with Gasteiger partial charge in [0.2, 0.25) is 0 Å². The summed E-state index contributed by atoms with van der Waals surface area (Å²) < 4.78 is 22.5. The summed E-state index contributed by atoms with van der Waals surface area (Å²) in [5.41, 5.74) is 5.70. The summed E-state index contributed by atoms with van der Waals surface area (Å²) in [5.74, 6) is -0.168. The molecule has 1 aromatic heterocycles. The second kappa shape index (κ2) is 4.71. The molecule has 1 atom stereocenters. The third-order valence-electron chi connectivity index (χ3n) is 2.53. The summed E-state index contributed by atoms with van der Waals surface area (Å²) in [7, 11) is -2.98. The van der Waals surface area contributed by atoms with E-state index in [9.17, 15) is 13.2 Å². The van der Waals surface area contributed by atoms with E-state index in [4.69, 9.17) is 5.73 Å². The van der Waals surface area contributed by atoms with Gasteiger partial charge >= 0.3 is 0 Å². The van der Waals surface area contributed by atoms with Gasteiger partial charge in [-0.25, -0.2) is 13.4 Å². The maximum atomic E-state index is 11.7. The van der Waals surface area contributed by atoms with E-state index in [2.05, 4.69) is 10.3 Å². The van der Waals surface area contributed by atoms with Crippen molar-refractivity contribution < 1.29 is 13.2 Å². The van der Waals surface area contributed by atoms with Crippen LogP contribution < -0.4 is 11.1 Å². The van der Waals surface area contributed by atoms with Crippen LogP contribution in [0.1, 0.15) is 21.9 Å². The summed E-state index contributed by atoms with van der Waals surface area (Å²) in [6, 6.07) is -0.296. The third kappa shape index (κ3) is 3.02. The predicted octanol–water partition coefficient (Wildman–Crippen LogP) is -0.481. The van der Waals surface area contributed by atoms with Crippen LogP contribution in [0.2, 0.25) is 0 Å². The van der Waals surface area contributed by atoms with E-state index in [0.29, 0.717) is 23.7 Å². The lowest BCUT2D eigenvalue weighted by atomic mass is 10.2. The molecule has 8 heteroatoms. The Bertz CT molecular complexity index is 523. The van der Waals surface area contributed by atoms with Crippen molar-refractivity contribution >= 4 is 27.1 Å². The molecule has 94 valence electrons. The summed E-state index contributed by atoms with van der Waals surface area (Å²) in [6.45, 7) is 0.301. The molecule has 1 fully saturated rings. The molecule has 0 aliphatic carbocycles. The van der Waals surface area contributed by atoms with Gasteiger partial charge in [-0.3, -0.25) is 4.79 Å². The number of sulfone groups is 1. The van der Waals surface area contributed by atoms with Crippen molar-refractivity contribution in [2.75, 3.05) is 11.5 Å². The van der Waals surface area contributed by atoms with E-state index in [-0.39, 0.29) is 23.5 Å². The van der Waals surface area contributed by atoms with Gasteiger partial charge in [-0.15, -0.1) is 11.3 Å². The van der Waals surface area contributed by atoms with Crippen LogP contribution in [0.25, 0.3) is 0 Å². The number of nitrogens with zero attached hydrogens (tertiary/aromatic N) is 1. The number of nitrogens with two attached hydrogens (primary N) is 1. The number of thiazole rings is 1. The first-order chi connectivity index (χ1) is 8.00. The Morgan fingerprint density at radius 2 is 2.41 bits per heavy atom. The van der Waals surface area contributed by atoms with Crippen LogP contribution in [-0.2, 0) is 16.4 Å². The average molecular weight is 275 g/mol. The molecule has 3 N–H and O–H groups in total. The number of aromatic nitrogens is 1. The fourth-order valence-electron chi connectivity index (χ4n) is 1.68. The zero-order chi connectivity index (χ0) is 12.5. The van der Waals surface area contributed by atoms with Crippen LogP contribution in [0.15, 0.2) is 5.38 Å². The quantitative estimate of drug-likeness (QED) is 0.775. The topological polar surface area (TPSA) is 102 Å². The second-order valence-corrected chi connectivity index (χ2v) is 7.08. The first-order valence-corrected chi connectivity index (χ1v) is 7.86. The highest BCUT2D eigenvalue weighted by molar-refractivity contribution is 7.91. The summed E-state index contributed by atoms with van der Waals surface area (Å²) in [5, 5.41) is 4.99. The van der Waals surface area contributed by atoms with E-state index >= 15 is 0 Å². The van der Waals surface area contributed by atoms with Crippen molar-refractivity contribution in [2.24, 2.45) is 5.73 Å². The molecule has 1 saturated heterocycles. The van der Waals surface area contributed by atoms with Crippen LogP contribution >= 0.6 is 11.3 Å². The minimum Gasteiger partial charge on any atom is -0.347 e. The fraction of sp³-hybridized carbons (Fsp3) is 0.556. The number of hydrogen-bond acceptors (Lipinski definition) is 6. The van der Waals surface area contributed by atoms with Gasteiger partial charge in [0.25, 0.3) is 5.91 Å². The summed E-state index contributed by atoms with van der Waals surface area (Å²) in [4.78, 5) is 15.8. The molecule has 6 nitrogen and oxygen atoms in total. The Morgan fingerprint density at radius 1 is 1.65 bits per heavy atom. The highest BCUT2D eigenvalue weighted by Gasteiger charge is 2.29. The van der Waals surface area contributed by atoms with Gasteiger partial charge in [0, 0.05) is 18.0 Å². The largest absolute Gasteiger partial charge is 0.347 e. The van der Waals surface area contributed by atoms with Gasteiger partial charge in [-0.2, -0.15) is 0 Å². The van der Waals surface area contributed by atoms with E-state index in [1.807, 2.05) is 0 Å². The zero-order valence-corrected chi connectivity index (χ0v) is 10.7. The molecule has 1 amide bonds. The molecule has 0 radical (unpaired) electrons. The smallest absolute Gasteiger partial charge is 0.271 e. The molecule has 0 spiro atoms. The molecule has 1 aliphatic rings. The molecule has 2 heterocycles. The van der Waals surface area contributed by atoms with Crippen molar-refractivity contribution in [2.45, 2.75) is 19.0 Å². The number of carbonyl (C=O) groups is 1. The van der Waals surface area contributed by atoms with Gasteiger partial charge < -0.3 is 11.1 Å². The second-order valence-electron chi connectivity index (χ2n) is 3.90. The molecule has 0 saturated carbocycles. The molecular weight excluding hydrogens is 262 g/mol. The number of amides is 1. The van der Waals surface area contributed by atoms with E-state index < -0.39 is 9.84 Å². The van der Waals surface area contributed by atoms with Crippen LogP contribution in [0.4, 0.5) is 0 Å². The van der Waals surface area contributed by atoms with Crippen molar-refractivity contribution in [3.63, 3.8) is 0 Å². The molecule has 17 heavy (non-hydrogen) atoms. The van der Waals surface area contributed by atoms with E-state index in [0.717, 1.165) is 0 Å². The maximum Gasteiger partial charge on any atom is 0.271 e. The van der Waals surface area contributed by atoms with Gasteiger partial charge in [-0.1, -0.05) is 0 Å². The van der Waals surface area contributed by atoms with Gasteiger partial charge in [0.05, 0.1) is 11.5 Å². The predicted molar refractivity (Wildman–Crippen MR) is 64.5 cm³/mol. The zero-order valence-electron chi connectivity index (χ0n) is 9.05. The third-order valence-corrected chi connectivity index (χ3v) is 5.17. The van der Waals surface area contributed by atoms with E-state index in [1.165, 1.54) is 11.3 Å². The van der Waals surface area contributed by atoms with Gasteiger partial charge in [0.1, 0.15) is 10.7 Å². The molecule has 0 bridgehead atoms. The Balaban J connectivity index is 1.98. The standard InChI is InChI=1S/C9H13N3O3S2/c10-3-8-12-7(4-16-8)9(13)11-6-1-2-17(14,15)5-6/h4,6H,1-3,5,10H2,(H,11,13). The number of nitrogens with one attached hydrogen (secondary N) is 1.